The Bertz CT molecular complexity index is 388. The highest BCUT2D eigenvalue weighted by molar-refractivity contribution is 5.97. The van der Waals surface area contributed by atoms with Crippen LogP contribution < -0.4 is 0 Å². The van der Waals surface area contributed by atoms with Gasteiger partial charge in [0, 0.05) is 12.6 Å². The molecule has 2 saturated heterocycles. The van der Waals surface area contributed by atoms with Crippen molar-refractivity contribution in [3.05, 3.63) is 0 Å². The van der Waals surface area contributed by atoms with Gasteiger partial charge in [-0.05, 0) is 31.6 Å². The highest BCUT2D eigenvalue weighted by Gasteiger charge is 2.50. The zero-order chi connectivity index (χ0) is 13.6. The van der Waals surface area contributed by atoms with Gasteiger partial charge in [-0.3, -0.25) is 9.59 Å². The monoisotopic (exact) mass is 264 g/mol. The van der Waals surface area contributed by atoms with E-state index in [9.17, 15) is 9.59 Å². The van der Waals surface area contributed by atoms with Crippen molar-refractivity contribution in [2.24, 2.45) is 5.92 Å². The zero-order valence-electron chi connectivity index (χ0n) is 12.0. The molecule has 0 bridgehead atoms. The van der Waals surface area contributed by atoms with Crippen molar-refractivity contribution in [2.45, 2.75) is 70.5 Å². The lowest BCUT2D eigenvalue weighted by Gasteiger charge is -2.46. The van der Waals surface area contributed by atoms with Gasteiger partial charge in [0.25, 0.3) is 0 Å². The largest absolute Gasteiger partial charge is 0.329 e. The van der Waals surface area contributed by atoms with E-state index in [1.54, 1.807) is 0 Å². The summed E-state index contributed by atoms with van der Waals surface area (Å²) in [6.45, 7) is 4.90. The molecule has 3 aliphatic rings. The zero-order valence-corrected chi connectivity index (χ0v) is 12.0. The molecule has 0 spiro atoms. The topological polar surface area (TPSA) is 40.6 Å². The molecule has 3 fully saturated rings. The third-order valence-electron chi connectivity index (χ3n) is 4.98. The smallest absolute Gasteiger partial charge is 0.246 e. The van der Waals surface area contributed by atoms with E-state index in [0.717, 1.165) is 32.2 Å². The molecule has 2 unspecified atom stereocenters. The first kappa shape index (κ1) is 12.9. The highest BCUT2D eigenvalue weighted by atomic mass is 16.2. The SMILES string of the molecule is CC(C)C1C(=O)N2CCCC2C(=O)N1C1CCCC1. The maximum Gasteiger partial charge on any atom is 0.246 e. The summed E-state index contributed by atoms with van der Waals surface area (Å²) in [5.74, 6) is 0.630. The molecule has 2 amide bonds. The quantitative estimate of drug-likeness (QED) is 0.763. The Kier molecular flexibility index (Phi) is 3.27. The molecule has 2 atom stereocenters. The molecular formula is C15H24N2O2. The van der Waals surface area contributed by atoms with Crippen molar-refractivity contribution < 1.29 is 9.59 Å². The van der Waals surface area contributed by atoms with E-state index >= 15 is 0 Å². The summed E-state index contributed by atoms with van der Waals surface area (Å²) < 4.78 is 0. The summed E-state index contributed by atoms with van der Waals surface area (Å²) in [6, 6.07) is -0.0559. The number of carbonyl (C=O) groups is 2. The number of fused-ring (bicyclic) bond motifs is 1. The third-order valence-corrected chi connectivity index (χ3v) is 4.98. The van der Waals surface area contributed by atoms with Crippen molar-refractivity contribution in [2.75, 3.05) is 6.54 Å². The van der Waals surface area contributed by atoms with Crippen LogP contribution >= 0.6 is 0 Å². The Morgan fingerprint density at radius 1 is 1.00 bits per heavy atom. The van der Waals surface area contributed by atoms with Gasteiger partial charge in [-0.15, -0.1) is 0 Å². The fraction of sp³-hybridized carbons (Fsp3) is 0.867. The molecule has 2 heterocycles. The van der Waals surface area contributed by atoms with E-state index in [-0.39, 0.29) is 29.8 Å². The molecule has 2 aliphatic heterocycles. The van der Waals surface area contributed by atoms with E-state index < -0.39 is 0 Å². The van der Waals surface area contributed by atoms with Gasteiger partial charge in [0.15, 0.2) is 0 Å². The van der Waals surface area contributed by atoms with Crippen LogP contribution in [0.15, 0.2) is 0 Å². The van der Waals surface area contributed by atoms with Crippen LogP contribution in [0.25, 0.3) is 0 Å². The molecule has 0 radical (unpaired) electrons. The molecule has 4 heteroatoms. The number of amides is 2. The second-order valence-corrected chi connectivity index (χ2v) is 6.56. The lowest BCUT2D eigenvalue weighted by molar-refractivity contribution is -0.164. The minimum Gasteiger partial charge on any atom is -0.329 e. The molecule has 0 aromatic carbocycles. The molecule has 0 aromatic rings. The normalized spacial score (nSPS) is 32.6. The van der Waals surface area contributed by atoms with E-state index in [1.807, 2.05) is 9.80 Å². The molecule has 0 aromatic heterocycles. The Balaban J connectivity index is 1.93. The van der Waals surface area contributed by atoms with Gasteiger partial charge in [0.1, 0.15) is 12.1 Å². The van der Waals surface area contributed by atoms with Crippen molar-refractivity contribution >= 4 is 11.8 Å². The van der Waals surface area contributed by atoms with Gasteiger partial charge in [-0.2, -0.15) is 0 Å². The number of hydrogen-bond acceptors (Lipinski definition) is 2. The standard InChI is InChI=1S/C15H24N2O2/c1-10(2)13-15(19)16-9-5-8-12(16)14(18)17(13)11-6-3-4-7-11/h10-13H,3-9H2,1-2H3. The molecule has 4 nitrogen and oxygen atoms in total. The van der Waals surface area contributed by atoms with Crippen molar-refractivity contribution in [1.29, 1.82) is 0 Å². The molecule has 1 saturated carbocycles. The van der Waals surface area contributed by atoms with Crippen LogP contribution in [-0.4, -0.2) is 46.3 Å². The molecule has 1 aliphatic carbocycles. The maximum absolute atomic E-state index is 12.8. The van der Waals surface area contributed by atoms with Crippen LogP contribution in [0.4, 0.5) is 0 Å². The fourth-order valence-electron chi connectivity index (χ4n) is 4.08. The van der Waals surface area contributed by atoms with Crippen LogP contribution in [0.3, 0.4) is 0 Å². The predicted octanol–water partition coefficient (Wildman–Crippen LogP) is 1.79. The second-order valence-electron chi connectivity index (χ2n) is 6.56. The van der Waals surface area contributed by atoms with Crippen molar-refractivity contribution in [3.63, 3.8) is 0 Å². The van der Waals surface area contributed by atoms with Gasteiger partial charge < -0.3 is 9.80 Å². The summed E-state index contributed by atoms with van der Waals surface area (Å²) in [7, 11) is 0. The first-order valence-corrected chi connectivity index (χ1v) is 7.74. The van der Waals surface area contributed by atoms with E-state index in [1.165, 1.54) is 12.8 Å². The Morgan fingerprint density at radius 3 is 2.32 bits per heavy atom. The number of hydrogen-bond donors (Lipinski definition) is 0. The summed E-state index contributed by atoms with van der Waals surface area (Å²) in [5.41, 5.74) is 0. The fourth-order valence-corrected chi connectivity index (χ4v) is 4.08. The van der Waals surface area contributed by atoms with Gasteiger partial charge in [0.05, 0.1) is 0 Å². The van der Waals surface area contributed by atoms with Crippen LogP contribution in [0.2, 0.25) is 0 Å². The molecule has 3 rings (SSSR count). The highest BCUT2D eigenvalue weighted by Crippen LogP contribution is 2.35. The number of piperazine rings is 1. The average molecular weight is 264 g/mol. The van der Waals surface area contributed by atoms with Crippen LogP contribution in [0, 0.1) is 5.92 Å². The first-order chi connectivity index (χ1) is 9.11. The van der Waals surface area contributed by atoms with Crippen LogP contribution in [0.1, 0.15) is 52.4 Å². The van der Waals surface area contributed by atoms with Crippen molar-refractivity contribution in [1.82, 2.24) is 9.80 Å². The lowest BCUT2D eigenvalue weighted by atomic mass is 9.93. The van der Waals surface area contributed by atoms with Crippen LogP contribution in [0.5, 0.6) is 0 Å². The third kappa shape index (κ3) is 1.96. The van der Waals surface area contributed by atoms with Gasteiger partial charge in [0.2, 0.25) is 11.8 Å². The van der Waals surface area contributed by atoms with E-state index in [2.05, 4.69) is 13.8 Å². The number of carbonyl (C=O) groups excluding carboxylic acids is 2. The summed E-state index contributed by atoms with van der Waals surface area (Å²) >= 11 is 0. The Hall–Kier alpha value is -1.06. The number of nitrogens with zero attached hydrogens (tertiary/aromatic N) is 2. The van der Waals surface area contributed by atoms with Gasteiger partial charge in [-0.25, -0.2) is 0 Å². The summed E-state index contributed by atoms with van der Waals surface area (Å²) in [6.07, 6.45) is 6.39. The summed E-state index contributed by atoms with van der Waals surface area (Å²) in [5, 5.41) is 0. The maximum atomic E-state index is 12.8. The minimum atomic E-state index is -0.218. The molecule has 106 valence electrons. The minimum absolute atomic E-state index is 0.150. The first-order valence-electron chi connectivity index (χ1n) is 7.74. The predicted molar refractivity (Wildman–Crippen MR) is 72.5 cm³/mol. The molecular weight excluding hydrogens is 240 g/mol. The van der Waals surface area contributed by atoms with Gasteiger partial charge in [-0.1, -0.05) is 26.7 Å². The molecule has 19 heavy (non-hydrogen) atoms. The Labute approximate surface area is 115 Å². The Morgan fingerprint density at radius 2 is 1.68 bits per heavy atom. The second kappa shape index (κ2) is 4.80. The number of rotatable bonds is 2. The lowest BCUT2D eigenvalue weighted by Crippen LogP contribution is -2.66. The average Bonchev–Trinajstić information content (AvgIpc) is 3.02. The van der Waals surface area contributed by atoms with Gasteiger partial charge >= 0.3 is 0 Å². The van der Waals surface area contributed by atoms with E-state index in [4.69, 9.17) is 0 Å². The van der Waals surface area contributed by atoms with E-state index in [0.29, 0.717) is 6.04 Å². The van der Waals surface area contributed by atoms with Crippen LogP contribution in [-0.2, 0) is 9.59 Å². The molecule has 0 N–H and O–H groups in total. The van der Waals surface area contributed by atoms with Crippen molar-refractivity contribution in [3.8, 4) is 0 Å². The summed E-state index contributed by atoms with van der Waals surface area (Å²) in [4.78, 5) is 29.3.